The molecule has 1 atom stereocenters. The number of nitrogens with zero attached hydrogens (tertiary/aromatic N) is 1. The maximum absolute atomic E-state index is 11.2. The lowest BCUT2D eigenvalue weighted by Crippen LogP contribution is -2.40. The van der Waals surface area contributed by atoms with E-state index in [4.69, 9.17) is 20.4 Å². The van der Waals surface area contributed by atoms with E-state index in [2.05, 4.69) is 10.5 Å². The largest absolute Gasteiger partial charge is 0.409 e. The van der Waals surface area contributed by atoms with Crippen molar-refractivity contribution in [3.8, 4) is 0 Å². The molecule has 0 aromatic rings. The molecule has 1 aliphatic heterocycles. The zero-order valence-electron chi connectivity index (χ0n) is 8.31. The summed E-state index contributed by atoms with van der Waals surface area (Å²) in [6, 6.07) is 0. The first-order chi connectivity index (χ1) is 7.22. The van der Waals surface area contributed by atoms with Gasteiger partial charge in [0.15, 0.2) is 0 Å². The number of carbonyl (C=O) groups excluding carboxylic acids is 1. The molecule has 1 saturated heterocycles. The second-order valence-electron chi connectivity index (χ2n) is 3.14. The summed E-state index contributed by atoms with van der Waals surface area (Å²) in [6.45, 7) is 1.98. The van der Waals surface area contributed by atoms with Crippen LogP contribution < -0.4 is 11.1 Å². The van der Waals surface area contributed by atoms with Crippen LogP contribution in [0.3, 0.4) is 0 Å². The summed E-state index contributed by atoms with van der Waals surface area (Å²) >= 11 is 0. The van der Waals surface area contributed by atoms with Gasteiger partial charge in [0.05, 0.1) is 32.3 Å². The number of carbonyl (C=O) groups is 1. The highest BCUT2D eigenvalue weighted by Gasteiger charge is 2.15. The van der Waals surface area contributed by atoms with Gasteiger partial charge in [-0.2, -0.15) is 0 Å². The van der Waals surface area contributed by atoms with E-state index in [0.717, 1.165) is 0 Å². The quantitative estimate of drug-likeness (QED) is 0.234. The summed E-state index contributed by atoms with van der Waals surface area (Å²) in [7, 11) is 0. The molecule has 0 bridgehead atoms. The van der Waals surface area contributed by atoms with Crippen molar-refractivity contribution in [3.05, 3.63) is 0 Å². The van der Waals surface area contributed by atoms with E-state index in [1.165, 1.54) is 0 Å². The molecule has 0 aromatic heterocycles. The van der Waals surface area contributed by atoms with Crippen LogP contribution in [-0.4, -0.2) is 49.4 Å². The second kappa shape index (κ2) is 6.20. The summed E-state index contributed by atoms with van der Waals surface area (Å²) in [6.07, 6.45) is -0.237. The van der Waals surface area contributed by atoms with Gasteiger partial charge in [0, 0.05) is 6.54 Å². The molecule has 1 amide bonds. The molecule has 0 aliphatic carbocycles. The number of nitrogens with one attached hydrogen (secondary N) is 1. The molecule has 1 aliphatic rings. The Hall–Kier alpha value is -1.34. The molecule has 1 heterocycles. The van der Waals surface area contributed by atoms with Crippen LogP contribution in [0.15, 0.2) is 5.16 Å². The van der Waals surface area contributed by atoms with Gasteiger partial charge in [0.25, 0.3) is 0 Å². The zero-order chi connectivity index (χ0) is 11.1. The predicted molar refractivity (Wildman–Crippen MR) is 51.6 cm³/mol. The van der Waals surface area contributed by atoms with Gasteiger partial charge in [-0.25, -0.2) is 0 Å². The average molecular weight is 217 g/mol. The zero-order valence-corrected chi connectivity index (χ0v) is 8.31. The van der Waals surface area contributed by atoms with Crippen molar-refractivity contribution in [3.63, 3.8) is 0 Å². The van der Waals surface area contributed by atoms with Crippen LogP contribution >= 0.6 is 0 Å². The third-order valence-electron chi connectivity index (χ3n) is 1.88. The smallest absolute Gasteiger partial charge is 0.227 e. The lowest BCUT2D eigenvalue weighted by molar-refractivity contribution is -0.122. The first kappa shape index (κ1) is 11.7. The summed E-state index contributed by atoms with van der Waals surface area (Å²) in [5.41, 5.74) is 5.17. The molecule has 86 valence electrons. The highest BCUT2D eigenvalue weighted by atomic mass is 16.6. The van der Waals surface area contributed by atoms with Crippen molar-refractivity contribution in [2.24, 2.45) is 10.9 Å². The lowest BCUT2D eigenvalue weighted by Gasteiger charge is -2.22. The summed E-state index contributed by atoms with van der Waals surface area (Å²) in [5, 5.41) is 13.5. The van der Waals surface area contributed by atoms with Gasteiger partial charge < -0.3 is 25.7 Å². The molecule has 0 aromatic carbocycles. The van der Waals surface area contributed by atoms with Crippen molar-refractivity contribution in [2.75, 3.05) is 26.4 Å². The Morgan fingerprint density at radius 1 is 1.60 bits per heavy atom. The fourth-order valence-electron chi connectivity index (χ4n) is 1.14. The second-order valence-corrected chi connectivity index (χ2v) is 3.14. The van der Waals surface area contributed by atoms with Gasteiger partial charge in [0.1, 0.15) is 5.84 Å². The maximum Gasteiger partial charge on any atom is 0.227 e. The molecule has 15 heavy (non-hydrogen) atoms. The molecular formula is C8H15N3O4. The molecule has 7 nitrogen and oxygen atoms in total. The van der Waals surface area contributed by atoms with Crippen molar-refractivity contribution in [1.29, 1.82) is 0 Å². The van der Waals surface area contributed by atoms with Crippen molar-refractivity contribution >= 4 is 11.7 Å². The predicted octanol–water partition coefficient (Wildman–Crippen LogP) is -1.35. The SMILES string of the molecule is N/C(CC(=O)NCC1COCCO1)=N\O. The third kappa shape index (κ3) is 4.61. The Morgan fingerprint density at radius 3 is 3.00 bits per heavy atom. The highest BCUT2D eigenvalue weighted by molar-refractivity contribution is 5.98. The number of hydrogen-bond donors (Lipinski definition) is 3. The third-order valence-corrected chi connectivity index (χ3v) is 1.88. The monoisotopic (exact) mass is 217 g/mol. The first-order valence-electron chi connectivity index (χ1n) is 4.65. The van der Waals surface area contributed by atoms with Gasteiger partial charge in [-0.1, -0.05) is 5.16 Å². The summed E-state index contributed by atoms with van der Waals surface area (Å²) < 4.78 is 10.5. The standard InChI is InChI=1S/C8H15N3O4/c9-7(11-13)3-8(12)10-4-6-5-14-1-2-15-6/h6,13H,1-5H2,(H2,9,11)(H,10,12). The number of ether oxygens (including phenoxy) is 2. The molecule has 0 saturated carbocycles. The van der Waals surface area contributed by atoms with Crippen LogP contribution in [-0.2, 0) is 14.3 Å². The minimum absolute atomic E-state index is 0.116. The van der Waals surface area contributed by atoms with Crippen LogP contribution in [0.2, 0.25) is 0 Å². The number of amides is 1. The van der Waals surface area contributed by atoms with E-state index in [1.54, 1.807) is 0 Å². The van der Waals surface area contributed by atoms with E-state index in [-0.39, 0.29) is 24.3 Å². The fraction of sp³-hybridized carbons (Fsp3) is 0.750. The molecular weight excluding hydrogens is 202 g/mol. The van der Waals surface area contributed by atoms with Crippen LogP contribution in [0, 0.1) is 0 Å². The minimum atomic E-state index is -0.306. The summed E-state index contributed by atoms with van der Waals surface area (Å²) in [5.74, 6) is -0.423. The van der Waals surface area contributed by atoms with Gasteiger partial charge in [-0.15, -0.1) is 0 Å². The van der Waals surface area contributed by atoms with Crippen molar-refractivity contribution < 1.29 is 19.5 Å². The topological polar surface area (TPSA) is 106 Å². The Balaban J connectivity index is 2.15. The average Bonchev–Trinajstić information content (AvgIpc) is 2.27. The van der Waals surface area contributed by atoms with Crippen LogP contribution in [0.4, 0.5) is 0 Å². The van der Waals surface area contributed by atoms with Gasteiger partial charge in [-0.3, -0.25) is 4.79 Å². The van der Waals surface area contributed by atoms with E-state index in [0.29, 0.717) is 26.4 Å². The number of amidine groups is 1. The van der Waals surface area contributed by atoms with Crippen molar-refractivity contribution in [2.45, 2.75) is 12.5 Å². The molecule has 1 fully saturated rings. The van der Waals surface area contributed by atoms with Gasteiger partial charge in [-0.05, 0) is 0 Å². The van der Waals surface area contributed by atoms with E-state index in [9.17, 15) is 4.79 Å². The first-order valence-corrected chi connectivity index (χ1v) is 4.65. The number of rotatable bonds is 4. The molecule has 1 rings (SSSR count). The highest BCUT2D eigenvalue weighted by Crippen LogP contribution is 1.98. The number of hydrogen-bond acceptors (Lipinski definition) is 5. The van der Waals surface area contributed by atoms with E-state index < -0.39 is 0 Å². The molecule has 0 radical (unpaired) electrons. The van der Waals surface area contributed by atoms with Gasteiger partial charge in [0.2, 0.25) is 5.91 Å². The molecule has 7 heteroatoms. The van der Waals surface area contributed by atoms with E-state index >= 15 is 0 Å². The summed E-state index contributed by atoms with van der Waals surface area (Å²) in [4.78, 5) is 11.2. The minimum Gasteiger partial charge on any atom is -0.409 e. The van der Waals surface area contributed by atoms with Gasteiger partial charge >= 0.3 is 0 Å². The fourth-order valence-corrected chi connectivity index (χ4v) is 1.14. The Bertz CT molecular complexity index is 238. The molecule has 4 N–H and O–H groups in total. The van der Waals surface area contributed by atoms with E-state index in [1.807, 2.05) is 0 Å². The Labute approximate surface area is 87.2 Å². The number of oxime groups is 1. The van der Waals surface area contributed by atoms with Crippen LogP contribution in [0.5, 0.6) is 0 Å². The van der Waals surface area contributed by atoms with Crippen LogP contribution in [0.25, 0.3) is 0 Å². The Morgan fingerprint density at radius 2 is 2.40 bits per heavy atom. The maximum atomic E-state index is 11.2. The van der Waals surface area contributed by atoms with Crippen LogP contribution in [0.1, 0.15) is 6.42 Å². The molecule has 0 spiro atoms. The number of nitrogens with two attached hydrogens (primary N) is 1. The van der Waals surface area contributed by atoms with Crippen molar-refractivity contribution in [1.82, 2.24) is 5.32 Å². The molecule has 1 unspecified atom stereocenters. The Kier molecular flexibility index (Phi) is 4.85. The lowest BCUT2D eigenvalue weighted by atomic mass is 10.3. The normalized spacial score (nSPS) is 22.4.